The maximum Gasteiger partial charge on any atom is 0.255 e. The van der Waals surface area contributed by atoms with Crippen LogP contribution in [0, 0.1) is 0 Å². The number of nitrogens with two attached hydrogens (primary N) is 1. The Labute approximate surface area is 121 Å². The summed E-state index contributed by atoms with van der Waals surface area (Å²) in [7, 11) is 0. The first kappa shape index (κ1) is 13.0. The molecule has 4 heteroatoms. The van der Waals surface area contributed by atoms with Crippen molar-refractivity contribution in [1.29, 1.82) is 0 Å². The van der Waals surface area contributed by atoms with E-state index in [2.05, 4.69) is 5.32 Å². The molecule has 0 radical (unpaired) electrons. The molecule has 0 atom stereocenters. The van der Waals surface area contributed by atoms with Gasteiger partial charge in [0, 0.05) is 11.6 Å². The van der Waals surface area contributed by atoms with Crippen LogP contribution in [0.4, 0.5) is 11.4 Å². The van der Waals surface area contributed by atoms with Crippen molar-refractivity contribution < 1.29 is 9.90 Å². The molecule has 0 heterocycles. The third-order valence-electron chi connectivity index (χ3n) is 3.30. The number of nitrogens with one attached hydrogen (secondary N) is 1. The Hall–Kier alpha value is -3.01. The van der Waals surface area contributed by atoms with Crippen LogP contribution >= 0.6 is 0 Å². The molecule has 104 valence electrons. The van der Waals surface area contributed by atoms with E-state index in [1.54, 1.807) is 12.1 Å². The number of fused-ring (bicyclic) bond motifs is 1. The Balaban J connectivity index is 1.89. The van der Waals surface area contributed by atoms with Crippen LogP contribution in [0.15, 0.2) is 60.7 Å². The van der Waals surface area contributed by atoms with E-state index in [9.17, 15) is 9.90 Å². The number of hydrogen-bond donors (Lipinski definition) is 3. The highest BCUT2D eigenvalue weighted by atomic mass is 16.3. The molecule has 3 rings (SSSR count). The van der Waals surface area contributed by atoms with Crippen LogP contribution in [0.3, 0.4) is 0 Å². The van der Waals surface area contributed by atoms with Crippen molar-refractivity contribution in [2.24, 2.45) is 0 Å². The van der Waals surface area contributed by atoms with E-state index in [0.29, 0.717) is 16.9 Å². The smallest absolute Gasteiger partial charge is 0.255 e. The molecule has 0 aliphatic heterocycles. The number of rotatable bonds is 2. The number of phenolic OH excluding ortho intramolecular Hbond substituents is 1. The van der Waals surface area contributed by atoms with Crippen molar-refractivity contribution in [3.63, 3.8) is 0 Å². The number of anilines is 2. The fourth-order valence-corrected chi connectivity index (χ4v) is 2.19. The van der Waals surface area contributed by atoms with Crippen molar-refractivity contribution in [2.45, 2.75) is 0 Å². The Morgan fingerprint density at radius 2 is 1.71 bits per heavy atom. The summed E-state index contributed by atoms with van der Waals surface area (Å²) in [6.45, 7) is 0. The van der Waals surface area contributed by atoms with Crippen LogP contribution in [-0.4, -0.2) is 11.0 Å². The van der Waals surface area contributed by atoms with Crippen LogP contribution in [0.2, 0.25) is 0 Å². The number of nitrogen functional groups attached to an aromatic ring is 1. The van der Waals surface area contributed by atoms with Gasteiger partial charge in [0.25, 0.3) is 5.91 Å². The molecule has 4 N–H and O–H groups in total. The quantitative estimate of drug-likeness (QED) is 0.497. The fraction of sp³-hybridized carbons (Fsp3) is 0. The van der Waals surface area contributed by atoms with Gasteiger partial charge in [-0.2, -0.15) is 0 Å². The lowest BCUT2D eigenvalue weighted by Gasteiger charge is -2.09. The summed E-state index contributed by atoms with van der Waals surface area (Å²) in [6, 6.07) is 17.8. The van der Waals surface area contributed by atoms with E-state index in [1.165, 1.54) is 12.1 Å². The molecular formula is C17H14N2O2. The monoisotopic (exact) mass is 278 g/mol. The molecule has 21 heavy (non-hydrogen) atoms. The van der Waals surface area contributed by atoms with E-state index in [0.717, 1.165) is 10.8 Å². The Bertz CT molecular complexity index is 828. The average molecular weight is 278 g/mol. The molecule has 3 aromatic rings. The lowest BCUT2D eigenvalue weighted by molar-refractivity contribution is 0.102. The summed E-state index contributed by atoms with van der Waals surface area (Å²) in [5.74, 6) is -0.172. The van der Waals surface area contributed by atoms with Gasteiger partial charge in [-0.1, -0.05) is 30.3 Å². The highest BCUT2D eigenvalue weighted by Crippen LogP contribution is 2.24. The largest absolute Gasteiger partial charge is 0.508 e. The molecule has 0 saturated heterocycles. The lowest BCUT2D eigenvalue weighted by Crippen LogP contribution is -2.13. The molecule has 0 unspecified atom stereocenters. The van der Waals surface area contributed by atoms with Gasteiger partial charge in [0.2, 0.25) is 0 Å². The third-order valence-corrected chi connectivity index (χ3v) is 3.30. The van der Waals surface area contributed by atoms with Gasteiger partial charge in [-0.3, -0.25) is 4.79 Å². The second kappa shape index (κ2) is 5.17. The van der Waals surface area contributed by atoms with Gasteiger partial charge >= 0.3 is 0 Å². The zero-order valence-electron chi connectivity index (χ0n) is 11.2. The number of aromatic hydroxyl groups is 1. The van der Waals surface area contributed by atoms with E-state index < -0.39 is 0 Å². The lowest BCUT2D eigenvalue weighted by atomic mass is 10.1. The number of benzene rings is 3. The van der Waals surface area contributed by atoms with Gasteiger partial charge in [0.1, 0.15) is 5.75 Å². The van der Waals surface area contributed by atoms with Gasteiger partial charge < -0.3 is 16.2 Å². The summed E-state index contributed by atoms with van der Waals surface area (Å²) in [5, 5.41) is 14.1. The van der Waals surface area contributed by atoms with E-state index in [4.69, 9.17) is 5.73 Å². The van der Waals surface area contributed by atoms with Crippen molar-refractivity contribution in [1.82, 2.24) is 0 Å². The summed E-state index contributed by atoms with van der Waals surface area (Å²) in [6.07, 6.45) is 0. The number of carbonyl (C=O) groups is 1. The van der Waals surface area contributed by atoms with Gasteiger partial charge in [0.15, 0.2) is 0 Å². The molecule has 3 aromatic carbocycles. The van der Waals surface area contributed by atoms with Crippen molar-refractivity contribution in [3.05, 3.63) is 66.2 Å². The van der Waals surface area contributed by atoms with Crippen LogP contribution in [0.5, 0.6) is 5.75 Å². The van der Waals surface area contributed by atoms with E-state index >= 15 is 0 Å². The predicted octanol–water partition coefficient (Wildman–Crippen LogP) is 3.38. The van der Waals surface area contributed by atoms with Crippen molar-refractivity contribution in [3.8, 4) is 5.75 Å². The van der Waals surface area contributed by atoms with E-state index in [-0.39, 0.29) is 11.7 Å². The molecule has 0 bridgehead atoms. The summed E-state index contributed by atoms with van der Waals surface area (Å²) >= 11 is 0. The van der Waals surface area contributed by atoms with Crippen LogP contribution < -0.4 is 11.1 Å². The van der Waals surface area contributed by atoms with Gasteiger partial charge in [-0.15, -0.1) is 0 Å². The van der Waals surface area contributed by atoms with E-state index in [1.807, 2.05) is 36.4 Å². The zero-order valence-corrected chi connectivity index (χ0v) is 11.2. The zero-order chi connectivity index (χ0) is 14.8. The molecule has 1 amide bonds. The molecule has 4 nitrogen and oxygen atoms in total. The predicted molar refractivity (Wildman–Crippen MR) is 84.4 cm³/mol. The maximum atomic E-state index is 12.3. The first-order chi connectivity index (χ1) is 10.1. The molecule has 0 spiro atoms. The normalized spacial score (nSPS) is 10.5. The van der Waals surface area contributed by atoms with Gasteiger partial charge in [-0.25, -0.2) is 0 Å². The Morgan fingerprint density at radius 3 is 2.48 bits per heavy atom. The first-order valence-corrected chi connectivity index (χ1v) is 6.52. The summed E-state index contributed by atoms with van der Waals surface area (Å²) in [4.78, 5) is 12.3. The third kappa shape index (κ3) is 2.65. The molecule has 0 fully saturated rings. The minimum absolute atomic E-state index is 0.0659. The number of amides is 1. The molecule has 0 aliphatic rings. The number of hydrogen-bond acceptors (Lipinski definition) is 3. The first-order valence-electron chi connectivity index (χ1n) is 6.52. The summed E-state index contributed by atoms with van der Waals surface area (Å²) < 4.78 is 0. The SMILES string of the molecule is Nc1cc(O)ccc1NC(=O)c1ccc2ccccc2c1. The van der Waals surface area contributed by atoms with Crippen LogP contribution in [0.25, 0.3) is 10.8 Å². The molecule has 0 aromatic heterocycles. The number of carbonyl (C=O) groups excluding carboxylic acids is 1. The topological polar surface area (TPSA) is 75.3 Å². The summed E-state index contributed by atoms with van der Waals surface area (Å²) in [5.41, 5.74) is 7.12. The minimum Gasteiger partial charge on any atom is -0.508 e. The average Bonchev–Trinajstić information content (AvgIpc) is 2.49. The van der Waals surface area contributed by atoms with Crippen LogP contribution in [-0.2, 0) is 0 Å². The maximum absolute atomic E-state index is 12.3. The fourth-order valence-electron chi connectivity index (χ4n) is 2.19. The van der Waals surface area contributed by atoms with Crippen molar-refractivity contribution in [2.75, 3.05) is 11.1 Å². The molecule has 0 saturated carbocycles. The van der Waals surface area contributed by atoms with Crippen molar-refractivity contribution >= 4 is 28.1 Å². The second-order valence-electron chi connectivity index (χ2n) is 4.79. The highest BCUT2D eigenvalue weighted by molar-refractivity contribution is 6.07. The van der Waals surface area contributed by atoms with Gasteiger partial charge in [0.05, 0.1) is 11.4 Å². The standard InChI is InChI=1S/C17H14N2O2/c18-15-10-14(20)7-8-16(15)19-17(21)13-6-5-11-3-1-2-4-12(11)9-13/h1-10,20H,18H2,(H,19,21). The Morgan fingerprint density at radius 1 is 0.952 bits per heavy atom. The van der Waals surface area contributed by atoms with Crippen LogP contribution in [0.1, 0.15) is 10.4 Å². The molecule has 0 aliphatic carbocycles. The highest BCUT2D eigenvalue weighted by Gasteiger charge is 2.09. The minimum atomic E-state index is -0.238. The number of phenols is 1. The second-order valence-corrected chi connectivity index (χ2v) is 4.79. The van der Waals surface area contributed by atoms with Gasteiger partial charge in [-0.05, 0) is 35.0 Å². The Kier molecular flexibility index (Phi) is 3.20. The molecular weight excluding hydrogens is 264 g/mol.